The van der Waals surface area contributed by atoms with Gasteiger partial charge >= 0.3 is 0 Å². The maximum atomic E-state index is 5.97. The van der Waals surface area contributed by atoms with Crippen LogP contribution in [0.5, 0.6) is 0 Å². The van der Waals surface area contributed by atoms with Crippen molar-refractivity contribution >= 4 is 11.3 Å². The van der Waals surface area contributed by atoms with E-state index in [1.807, 2.05) is 6.07 Å². The van der Waals surface area contributed by atoms with E-state index in [9.17, 15) is 0 Å². The first kappa shape index (κ1) is 8.06. The molecular formula is C12H13N2. The van der Waals surface area contributed by atoms with Crippen LogP contribution < -0.4 is 11.1 Å². The largest absolute Gasteiger partial charge is 0.327 e. The van der Waals surface area contributed by atoms with Crippen molar-refractivity contribution in [2.24, 2.45) is 5.73 Å². The lowest BCUT2D eigenvalue weighted by Crippen LogP contribution is -2.23. The molecule has 2 heteroatoms. The van der Waals surface area contributed by atoms with E-state index in [-0.39, 0.29) is 0 Å². The van der Waals surface area contributed by atoms with E-state index in [2.05, 4.69) is 23.5 Å². The third-order valence-corrected chi connectivity index (χ3v) is 3.05. The van der Waals surface area contributed by atoms with Gasteiger partial charge in [-0.25, -0.2) is 0 Å². The monoisotopic (exact) mass is 185 g/mol. The molecule has 1 aliphatic carbocycles. The zero-order valence-electron chi connectivity index (χ0n) is 8.03. The van der Waals surface area contributed by atoms with Crippen LogP contribution in [0.3, 0.4) is 0 Å². The topological polar surface area (TPSA) is 40.1 Å². The quantitative estimate of drug-likeness (QED) is 0.661. The normalized spacial score (nSPS) is 24.2. The van der Waals surface area contributed by atoms with Crippen molar-refractivity contribution in [3.8, 4) is 0 Å². The predicted octanol–water partition coefficient (Wildman–Crippen LogP) is 2.16. The van der Waals surface area contributed by atoms with Crippen LogP contribution in [-0.4, -0.2) is 6.04 Å². The van der Waals surface area contributed by atoms with Gasteiger partial charge in [-0.05, 0) is 30.9 Å². The summed E-state index contributed by atoms with van der Waals surface area (Å²) in [4.78, 5) is 0. The van der Waals surface area contributed by atoms with Gasteiger partial charge in [-0.15, -0.1) is 0 Å². The Morgan fingerprint density at radius 3 is 3.07 bits per heavy atom. The fourth-order valence-corrected chi connectivity index (χ4v) is 2.32. The second-order valence-electron chi connectivity index (χ2n) is 4.06. The third kappa shape index (κ3) is 1.07. The summed E-state index contributed by atoms with van der Waals surface area (Å²) >= 11 is 0. The van der Waals surface area contributed by atoms with Gasteiger partial charge in [0.15, 0.2) is 0 Å². The standard InChI is InChI=1S/C12H13N2/c13-8-5-6-12-10(7-8)9-3-1-2-4-11(9)14-12/h1-4,8H,5-7,13H2. The first-order valence-electron chi connectivity index (χ1n) is 5.13. The Morgan fingerprint density at radius 2 is 2.14 bits per heavy atom. The number of nitrogens with zero attached hydrogens (tertiary/aromatic N) is 1. The molecule has 1 aromatic rings. The van der Waals surface area contributed by atoms with Crippen LogP contribution >= 0.6 is 0 Å². The summed E-state index contributed by atoms with van der Waals surface area (Å²) in [5.74, 6) is 0. The molecule has 0 aromatic heterocycles. The lowest BCUT2D eigenvalue weighted by molar-refractivity contribution is 0.593. The SMILES string of the molecule is NC1CCC2=C(C1)c1ccccc1[N]2. The van der Waals surface area contributed by atoms with Gasteiger partial charge < -0.3 is 5.73 Å². The van der Waals surface area contributed by atoms with Gasteiger partial charge in [0.1, 0.15) is 0 Å². The number of hydrogen-bond acceptors (Lipinski definition) is 1. The number of benzene rings is 1. The van der Waals surface area contributed by atoms with E-state index < -0.39 is 0 Å². The highest BCUT2D eigenvalue weighted by molar-refractivity contribution is 5.82. The van der Waals surface area contributed by atoms with Gasteiger partial charge in [-0.3, -0.25) is 5.32 Å². The number of rotatable bonds is 0. The molecule has 2 nitrogen and oxygen atoms in total. The Labute approximate surface area is 83.8 Å². The number of para-hydroxylation sites is 1. The molecule has 0 spiro atoms. The second-order valence-corrected chi connectivity index (χ2v) is 4.06. The van der Waals surface area contributed by atoms with Crippen molar-refractivity contribution in [1.82, 2.24) is 5.32 Å². The molecule has 14 heavy (non-hydrogen) atoms. The number of fused-ring (bicyclic) bond motifs is 2. The molecule has 71 valence electrons. The van der Waals surface area contributed by atoms with Gasteiger partial charge in [0.25, 0.3) is 0 Å². The highest BCUT2D eigenvalue weighted by Crippen LogP contribution is 2.41. The average Bonchev–Trinajstić information content (AvgIpc) is 2.56. The smallest absolute Gasteiger partial charge is 0.0708 e. The highest BCUT2D eigenvalue weighted by Gasteiger charge is 2.27. The van der Waals surface area contributed by atoms with Crippen LogP contribution in [-0.2, 0) is 0 Å². The van der Waals surface area contributed by atoms with Gasteiger partial charge in [0, 0.05) is 17.3 Å². The van der Waals surface area contributed by atoms with Crippen molar-refractivity contribution in [3.63, 3.8) is 0 Å². The minimum atomic E-state index is 0.329. The van der Waals surface area contributed by atoms with Crippen LogP contribution in [0.1, 0.15) is 24.8 Å². The minimum Gasteiger partial charge on any atom is -0.327 e. The Morgan fingerprint density at radius 1 is 1.29 bits per heavy atom. The molecule has 1 atom stereocenters. The van der Waals surface area contributed by atoms with E-state index >= 15 is 0 Å². The molecule has 1 aliphatic heterocycles. The van der Waals surface area contributed by atoms with E-state index in [1.165, 1.54) is 16.8 Å². The Hall–Kier alpha value is -1.28. The predicted molar refractivity (Wildman–Crippen MR) is 57.0 cm³/mol. The average molecular weight is 185 g/mol. The van der Waals surface area contributed by atoms with Crippen molar-refractivity contribution in [1.29, 1.82) is 0 Å². The lowest BCUT2D eigenvalue weighted by Gasteiger charge is -2.19. The molecule has 2 aliphatic rings. The molecule has 1 radical (unpaired) electrons. The Bertz CT molecular complexity index is 407. The van der Waals surface area contributed by atoms with Gasteiger partial charge in [-0.2, -0.15) is 0 Å². The zero-order valence-corrected chi connectivity index (χ0v) is 8.03. The van der Waals surface area contributed by atoms with Crippen molar-refractivity contribution in [2.75, 3.05) is 0 Å². The first-order chi connectivity index (χ1) is 6.84. The number of hydrogen-bond donors (Lipinski definition) is 1. The molecule has 1 aromatic carbocycles. The Kier molecular flexibility index (Phi) is 1.64. The van der Waals surface area contributed by atoms with Gasteiger partial charge in [0.05, 0.1) is 5.69 Å². The maximum Gasteiger partial charge on any atom is 0.0708 e. The minimum absolute atomic E-state index is 0.329. The molecule has 3 rings (SSSR count). The molecule has 0 fully saturated rings. The number of allylic oxidation sites excluding steroid dienone is 1. The first-order valence-corrected chi connectivity index (χ1v) is 5.13. The van der Waals surface area contributed by atoms with Crippen LogP contribution in [0.2, 0.25) is 0 Å². The third-order valence-electron chi connectivity index (χ3n) is 3.05. The van der Waals surface area contributed by atoms with Crippen LogP contribution in [0.25, 0.3) is 5.57 Å². The van der Waals surface area contributed by atoms with Crippen molar-refractivity contribution in [2.45, 2.75) is 25.3 Å². The fraction of sp³-hybridized carbons (Fsp3) is 0.333. The van der Waals surface area contributed by atoms with Crippen LogP contribution in [0.4, 0.5) is 5.69 Å². The summed E-state index contributed by atoms with van der Waals surface area (Å²) in [6.07, 6.45) is 3.12. The van der Waals surface area contributed by atoms with Crippen molar-refractivity contribution < 1.29 is 0 Å². The van der Waals surface area contributed by atoms with Gasteiger partial charge in [-0.1, -0.05) is 18.2 Å². The summed E-state index contributed by atoms with van der Waals surface area (Å²) in [6.45, 7) is 0. The zero-order chi connectivity index (χ0) is 9.54. The summed E-state index contributed by atoms with van der Waals surface area (Å²) in [5.41, 5.74) is 11.1. The molecule has 0 amide bonds. The van der Waals surface area contributed by atoms with E-state index in [0.29, 0.717) is 6.04 Å². The molecule has 0 saturated heterocycles. The summed E-state index contributed by atoms with van der Waals surface area (Å²) in [5, 5.41) is 4.63. The van der Waals surface area contributed by atoms with E-state index in [0.717, 1.165) is 24.9 Å². The molecule has 0 saturated carbocycles. The number of nitrogens with two attached hydrogens (primary N) is 1. The lowest BCUT2D eigenvalue weighted by atomic mass is 9.90. The second kappa shape index (κ2) is 2.85. The molecule has 0 bridgehead atoms. The summed E-state index contributed by atoms with van der Waals surface area (Å²) in [6, 6.07) is 8.68. The van der Waals surface area contributed by atoms with E-state index in [4.69, 9.17) is 5.73 Å². The summed E-state index contributed by atoms with van der Waals surface area (Å²) < 4.78 is 0. The molecule has 1 heterocycles. The highest BCUT2D eigenvalue weighted by atomic mass is 14.9. The van der Waals surface area contributed by atoms with Crippen molar-refractivity contribution in [3.05, 3.63) is 35.5 Å². The summed E-state index contributed by atoms with van der Waals surface area (Å²) in [7, 11) is 0. The molecule has 2 N–H and O–H groups in total. The Balaban J connectivity index is 2.07. The maximum absolute atomic E-state index is 5.97. The van der Waals surface area contributed by atoms with Gasteiger partial charge in [0.2, 0.25) is 0 Å². The van der Waals surface area contributed by atoms with Crippen LogP contribution in [0, 0.1) is 0 Å². The van der Waals surface area contributed by atoms with Crippen LogP contribution in [0.15, 0.2) is 30.0 Å². The molecule has 1 unspecified atom stereocenters. The van der Waals surface area contributed by atoms with E-state index in [1.54, 1.807) is 0 Å². The molecular weight excluding hydrogens is 172 g/mol. The fourth-order valence-electron chi connectivity index (χ4n) is 2.32.